The third-order valence-corrected chi connectivity index (χ3v) is 1.33. The molecule has 5 nitrogen and oxygen atoms in total. The first kappa shape index (κ1) is 8.27. The number of carbonyl (C=O) groups excluding carboxylic acids is 2. The quantitative estimate of drug-likeness (QED) is 0.378. The highest BCUT2D eigenvalue weighted by Crippen LogP contribution is 2.09. The number of likely N-dealkylation sites (tertiary alicyclic amines) is 1. The van der Waals surface area contributed by atoms with E-state index in [-0.39, 0.29) is 12.8 Å². The van der Waals surface area contributed by atoms with Crippen molar-refractivity contribution in [3.63, 3.8) is 0 Å². The second kappa shape index (κ2) is 3.05. The number of rotatable bonds is 0. The smallest absolute Gasteiger partial charge is 0.383 e. The van der Waals surface area contributed by atoms with Gasteiger partial charge in [0.15, 0.2) is 0 Å². The number of imide groups is 1. The third kappa shape index (κ3) is 1.61. The normalized spacial score (nSPS) is 15.8. The van der Waals surface area contributed by atoms with Gasteiger partial charge in [0.05, 0.1) is 0 Å². The molecular formula is C7H5NO4. The van der Waals surface area contributed by atoms with Crippen LogP contribution in [0, 0.1) is 12.0 Å². The zero-order chi connectivity index (χ0) is 9.14. The largest absolute Gasteiger partial charge is 0.472 e. The number of nitrogens with zero attached hydrogens (tertiary/aromatic N) is 1. The van der Waals surface area contributed by atoms with Gasteiger partial charge >= 0.3 is 5.97 Å². The van der Waals surface area contributed by atoms with Gasteiger partial charge in [-0.25, -0.2) is 9.69 Å². The van der Waals surface area contributed by atoms with Crippen molar-refractivity contribution in [2.24, 2.45) is 0 Å². The molecule has 1 aliphatic heterocycles. The lowest BCUT2D eigenvalue weighted by Crippen LogP contribution is -2.23. The molecule has 0 saturated carbocycles. The van der Waals surface area contributed by atoms with Crippen molar-refractivity contribution < 1.29 is 19.5 Å². The Bertz CT molecular complexity index is 293. The molecular weight excluding hydrogens is 162 g/mol. The second-order valence-electron chi connectivity index (χ2n) is 2.16. The molecule has 1 aliphatic rings. The molecule has 12 heavy (non-hydrogen) atoms. The zero-order valence-electron chi connectivity index (χ0n) is 6.03. The van der Waals surface area contributed by atoms with E-state index in [1.54, 1.807) is 5.92 Å². The van der Waals surface area contributed by atoms with Crippen LogP contribution in [0.1, 0.15) is 12.8 Å². The van der Waals surface area contributed by atoms with Crippen molar-refractivity contribution in [3.8, 4) is 12.0 Å². The summed E-state index contributed by atoms with van der Waals surface area (Å²) in [6.45, 7) is 0. The van der Waals surface area contributed by atoms with Crippen LogP contribution in [0.25, 0.3) is 0 Å². The monoisotopic (exact) mass is 167 g/mol. The van der Waals surface area contributed by atoms with Crippen LogP contribution in [-0.2, 0) is 14.4 Å². The van der Waals surface area contributed by atoms with E-state index in [0.29, 0.717) is 4.90 Å². The van der Waals surface area contributed by atoms with Crippen LogP contribution < -0.4 is 0 Å². The summed E-state index contributed by atoms with van der Waals surface area (Å²) in [6, 6.07) is 1.97. The summed E-state index contributed by atoms with van der Waals surface area (Å²) in [6.07, 6.45) is 0.236. The first-order chi connectivity index (χ1) is 5.61. The summed E-state index contributed by atoms with van der Waals surface area (Å²) in [4.78, 5) is 32.2. The minimum absolute atomic E-state index is 0.118. The van der Waals surface area contributed by atoms with Crippen LogP contribution in [-0.4, -0.2) is 27.8 Å². The van der Waals surface area contributed by atoms with E-state index in [1.807, 2.05) is 6.04 Å². The number of hydrogen-bond donors (Lipinski definition) is 1. The average molecular weight is 167 g/mol. The van der Waals surface area contributed by atoms with Gasteiger partial charge in [0.2, 0.25) is 11.8 Å². The molecule has 1 fully saturated rings. The van der Waals surface area contributed by atoms with Gasteiger partial charge in [0, 0.05) is 24.8 Å². The summed E-state index contributed by atoms with van der Waals surface area (Å²) in [5, 5.41) is 8.12. The maximum absolute atomic E-state index is 10.8. The van der Waals surface area contributed by atoms with Gasteiger partial charge in [-0.05, 0) is 0 Å². The lowest BCUT2D eigenvalue weighted by molar-refractivity contribution is -0.134. The Morgan fingerprint density at radius 1 is 1.33 bits per heavy atom. The Morgan fingerprint density at radius 3 is 2.25 bits per heavy atom. The molecule has 0 aromatic heterocycles. The maximum Gasteiger partial charge on any atom is 0.383 e. The Labute approximate surface area is 68.0 Å². The van der Waals surface area contributed by atoms with Crippen LogP contribution in [0.5, 0.6) is 0 Å². The summed E-state index contributed by atoms with van der Waals surface area (Å²) in [5.74, 6) is -0.532. The van der Waals surface area contributed by atoms with Crippen molar-refractivity contribution in [1.29, 1.82) is 0 Å². The summed E-state index contributed by atoms with van der Waals surface area (Å²) >= 11 is 0. The highest BCUT2D eigenvalue weighted by Gasteiger charge is 2.27. The van der Waals surface area contributed by atoms with Crippen LogP contribution in [0.15, 0.2) is 0 Å². The van der Waals surface area contributed by atoms with E-state index in [2.05, 4.69) is 0 Å². The molecule has 1 rings (SSSR count). The molecule has 0 spiro atoms. The van der Waals surface area contributed by atoms with Crippen molar-refractivity contribution in [1.82, 2.24) is 4.90 Å². The van der Waals surface area contributed by atoms with Crippen LogP contribution in [0.4, 0.5) is 0 Å². The molecule has 1 N–H and O–H groups in total. The topological polar surface area (TPSA) is 74.7 Å². The Morgan fingerprint density at radius 2 is 1.83 bits per heavy atom. The molecule has 1 heterocycles. The highest BCUT2D eigenvalue weighted by atomic mass is 16.4. The molecule has 0 aromatic rings. The number of carbonyl (C=O) groups is 3. The van der Waals surface area contributed by atoms with E-state index in [9.17, 15) is 14.4 Å². The van der Waals surface area contributed by atoms with Gasteiger partial charge < -0.3 is 5.11 Å². The predicted octanol–water partition coefficient (Wildman–Crippen LogP) is -0.819. The van der Waals surface area contributed by atoms with Crippen molar-refractivity contribution in [3.05, 3.63) is 0 Å². The standard InChI is InChI=1S/C7H5NO4/c9-5-1-2-6(10)8(5)4-3-7(11)12/h1-2H2,(H,11,12). The molecule has 0 atom stereocenters. The predicted molar refractivity (Wildman–Crippen MR) is 36.5 cm³/mol. The molecule has 62 valence electrons. The minimum atomic E-state index is -1.36. The molecule has 5 heteroatoms. The Hall–Kier alpha value is -1.83. The fourth-order valence-corrected chi connectivity index (χ4v) is 0.805. The number of hydrogen-bond acceptors (Lipinski definition) is 3. The highest BCUT2D eigenvalue weighted by molar-refractivity contribution is 6.04. The fourth-order valence-electron chi connectivity index (χ4n) is 0.805. The van der Waals surface area contributed by atoms with Gasteiger partial charge in [0.1, 0.15) is 0 Å². The first-order valence-electron chi connectivity index (χ1n) is 3.21. The van der Waals surface area contributed by atoms with Crippen LogP contribution in [0.3, 0.4) is 0 Å². The lowest BCUT2D eigenvalue weighted by atomic mass is 10.4. The van der Waals surface area contributed by atoms with Gasteiger partial charge in [-0.2, -0.15) is 0 Å². The lowest BCUT2D eigenvalue weighted by Gasteiger charge is -2.00. The molecule has 0 unspecified atom stereocenters. The van der Waals surface area contributed by atoms with Crippen molar-refractivity contribution >= 4 is 17.8 Å². The van der Waals surface area contributed by atoms with Gasteiger partial charge in [0.25, 0.3) is 0 Å². The fraction of sp³-hybridized carbons (Fsp3) is 0.286. The molecule has 0 aliphatic carbocycles. The number of aliphatic carboxylic acids is 1. The van der Waals surface area contributed by atoms with E-state index in [0.717, 1.165) is 0 Å². The van der Waals surface area contributed by atoms with E-state index in [4.69, 9.17) is 5.11 Å². The van der Waals surface area contributed by atoms with E-state index >= 15 is 0 Å². The molecule has 2 amide bonds. The van der Waals surface area contributed by atoms with Gasteiger partial charge in [-0.15, -0.1) is 0 Å². The SMILES string of the molecule is O=C(O)C#CN1C(=O)CCC1=O. The Kier molecular flexibility index (Phi) is 2.10. The van der Waals surface area contributed by atoms with Crippen LogP contribution >= 0.6 is 0 Å². The zero-order valence-corrected chi connectivity index (χ0v) is 6.03. The number of carboxylic acid groups (broad SMARTS) is 1. The van der Waals surface area contributed by atoms with Gasteiger partial charge in [-0.1, -0.05) is 0 Å². The van der Waals surface area contributed by atoms with E-state index < -0.39 is 17.8 Å². The number of amides is 2. The maximum atomic E-state index is 10.8. The molecule has 0 bridgehead atoms. The summed E-state index contributed by atoms with van der Waals surface area (Å²) < 4.78 is 0. The number of carboxylic acids is 1. The molecule has 1 saturated heterocycles. The van der Waals surface area contributed by atoms with Crippen molar-refractivity contribution in [2.45, 2.75) is 12.8 Å². The second-order valence-corrected chi connectivity index (χ2v) is 2.16. The first-order valence-corrected chi connectivity index (χ1v) is 3.21. The molecule has 0 aromatic carbocycles. The average Bonchev–Trinajstić information content (AvgIpc) is 2.28. The van der Waals surface area contributed by atoms with E-state index in [1.165, 1.54) is 0 Å². The van der Waals surface area contributed by atoms with Crippen LogP contribution in [0.2, 0.25) is 0 Å². The van der Waals surface area contributed by atoms with Gasteiger partial charge in [-0.3, -0.25) is 9.59 Å². The summed E-state index contributed by atoms with van der Waals surface area (Å²) in [5.41, 5.74) is 0. The minimum Gasteiger partial charge on any atom is -0.472 e. The molecule has 0 radical (unpaired) electrons. The third-order valence-electron chi connectivity index (χ3n) is 1.33. The summed E-state index contributed by atoms with van der Waals surface area (Å²) in [7, 11) is 0. The van der Waals surface area contributed by atoms with Crippen molar-refractivity contribution in [2.75, 3.05) is 0 Å². The Balaban J connectivity index is 2.76.